The van der Waals surface area contributed by atoms with E-state index in [1.807, 2.05) is 36.4 Å². The third-order valence-electron chi connectivity index (χ3n) is 3.60. The van der Waals surface area contributed by atoms with E-state index in [1.165, 1.54) is 5.56 Å². The van der Waals surface area contributed by atoms with Crippen LogP contribution in [-0.4, -0.2) is 6.04 Å². The van der Waals surface area contributed by atoms with Gasteiger partial charge in [-0.25, -0.2) is 0 Å². The minimum Gasteiger partial charge on any atom is -0.399 e. The number of para-hydroxylation sites is 1. The summed E-state index contributed by atoms with van der Waals surface area (Å²) in [6.07, 6.45) is 0. The quantitative estimate of drug-likeness (QED) is 0.864. The van der Waals surface area contributed by atoms with Crippen LogP contribution in [0.4, 0.5) is 11.4 Å². The van der Waals surface area contributed by atoms with E-state index in [0.717, 1.165) is 29.0 Å². The lowest BCUT2D eigenvalue weighted by atomic mass is 10.0. The minimum absolute atomic E-state index is 0.302. The molecule has 0 saturated heterocycles. The molecular weight excluding hydrogens is 258 g/mol. The molecule has 0 aliphatic heterocycles. The van der Waals surface area contributed by atoms with Crippen molar-refractivity contribution in [2.24, 2.45) is 0 Å². The fourth-order valence-corrected chi connectivity index (χ4v) is 2.47. The Bertz CT molecular complexity index is 651. The number of nitrogen functional groups attached to an aromatic ring is 1. The molecule has 0 spiro atoms. The van der Waals surface area contributed by atoms with Crippen LogP contribution in [0.25, 0.3) is 0 Å². The lowest BCUT2D eigenvalue weighted by Gasteiger charge is -2.31. The summed E-state index contributed by atoms with van der Waals surface area (Å²) in [5.74, 6) is 0. The van der Waals surface area contributed by atoms with Gasteiger partial charge in [0.15, 0.2) is 0 Å². The van der Waals surface area contributed by atoms with E-state index in [0.29, 0.717) is 6.04 Å². The summed E-state index contributed by atoms with van der Waals surface area (Å²) >= 11 is 0. The summed E-state index contributed by atoms with van der Waals surface area (Å²) < 4.78 is 0. The highest BCUT2D eigenvalue weighted by Gasteiger charge is 2.17. The summed E-state index contributed by atoms with van der Waals surface area (Å²) in [7, 11) is 0. The lowest BCUT2D eigenvalue weighted by molar-refractivity contribution is 0.680. The zero-order valence-corrected chi connectivity index (χ0v) is 12.8. The molecule has 21 heavy (non-hydrogen) atoms. The third kappa shape index (κ3) is 3.35. The summed E-state index contributed by atoms with van der Waals surface area (Å²) in [5, 5.41) is 9.38. The molecular formula is C18H21N3. The molecule has 0 aliphatic rings. The molecule has 0 fully saturated rings. The topological polar surface area (TPSA) is 53.0 Å². The van der Waals surface area contributed by atoms with Crippen LogP contribution in [0.2, 0.25) is 0 Å². The predicted molar refractivity (Wildman–Crippen MR) is 88.1 cm³/mol. The first-order chi connectivity index (χ1) is 10.0. The van der Waals surface area contributed by atoms with E-state index in [1.54, 1.807) is 0 Å². The fraction of sp³-hybridized carbons (Fsp3) is 0.278. The highest BCUT2D eigenvalue weighted by molar-refractivity contribution is 5.64. The Labute approximate surface area is 126 Å². The number of benzene rings is 2. The average Bonchev–Trinajstić information content (AvgIpc) is 2.46. The van der Waals surface area contributed by atoms with Gasteiger partial charge >= 0.3 is 0 Å². The maximum Gasteiger partial charge on any atom is 0.101 e. The summed E-state index contributed by atoms with van der Waals surface area (Å²) in [5.41, 5.74) is 10.6. The van der Waals surface area contributed by atoms with Gasteiger partial charge in [0.05, 0.1) is 11.3 Å². The number of rotatable bonds is 4. The molecule has 0 aromatic heterocycles. The number of hydrogen-bond acceptors (Lipinski definition) is 3. The van der Waals surface area contributed by atoms with Crippen LogP contribution in [0.15, 0.2) is 42.5 Å². The van der Waals surface area contributed by atoms with Crippen molar-refractivity contribution in [1.82, 2.24) is 0 Å². The zero-order valence-electron chi connectivity index (χ0n) is 12.8. The Balaban J connectivity index is 2.41. The van der Waals surface area contributed by atoms with Gasteiger partial charge < -0.3 is 10.6 Å². The van der Waals surface area contributed by atoms with Crippen molar-refractivity contribution in [3.8, 4) is 6.07 Å². The number of nitrogens with two attached hydrogens (primary N) is 1. The van der Waals surface area contributed by atoms with Crippen LogP contribution < -0.4 is 10.6 Å². The first-order valence-corrected chi connectivity index (χ1v) is 7.13. The molecule has 0 amide bonds. The highest BCUT2D eigenvalue weighted by atomic mass is 15.2. The minimum atomic E-state index is 0.302. The molecule has 0 heterocycles. The van der Waals surface area contributed by atoms with Gasteiger partial charge in [-0.1, -0.05) is 24.3 Å². The molecule has 0 unspecified atom stereocenters. The van der Waals surface area contributed by atoms with Crippen molar-refractivity contribution in [3.63, 3.8) is 0 Å². The third-order valence-corrected chi connectivity index (χ3v) is 3.60. The van der Waals surface area contributed by atoms with Crippen LogP contribution in [0, 0.1) is 18.3 Å². The van der Waals surface area contributed by atoms with E-state index in [2.05, 4.69) is 37.8 Å². The normalized spacial score (nSPS) is 10.4. The van der Waals surface area contributed by atoms with E-state index in [4.69, 9.17) is 5.73 Å². The Hall–Kier alpha value is -2.47. The Kier molecular flexibility index (Phi) is 4.49. The largest absolute Gasteiger partial charge is 0.399 e. The molecule has 2 aromatic carbocycles. The first-order valence-electron chi connectivity index (χ1n) is 7.13. The van der Waals surface area contributed by atoms with Crippen LogP contribution >= 0.6 is 0 Å². The standard InChI is InChI=1S/C18H21N3/c1-13(2)21(12-15-7-9-17(20)10-8-15)18-14(3)5-4-6-16(18)11-19/h4-10,13H,12,20H2,1-3H3. The summed E-state index contributed by atoms with van der Waals surface area (Å²) in [6, 6.07) is 16.4. The van der Waals surface area contributed by atoms with Gasteiger partial charge in [0.1, 0.15) is 6.07 Å². The van der Waals surface area contributed by atoms with Gasteiger partial charge in [0.25, 0.3) is 0 Å². The lowest BCUT2D eigenvalue weighted by Crippen LogP contribution is -2.31. The van der Waals surface area contributed by atoms with Gasteiger partial charge in [0.2, 0.25) is 0 Å². The number of nitriles is 1. The maximum atomic E-state index is 9.38. The summed E-state index contributed by atoms with van der Waals surface area (Å²) in [6.45, 7) is 7.10. The molecule has 0 bridgehead atoms. The van der Waals surface area contributed by atoms with Crippen LogP contribution in [-0.2, 0) is 6.54 Å². The van der Waals surface area contributed by atoms with E-state index in [9.17, 15) is 5.26 Å². The molecule has 2 rings (SSSR count). The van der Waals surface area contributed by atoms with Gasteiger partial charge in [-0.3, -0.25) is 0 Å². The van der Waals surface area contributed by atoms with Crippen LogP contribution in [0.3, 0.4) is 0 Å². The maximum absolute atomic E-state index is 9.38. The Morgan fingerprint density at radius 2 is 1.81 bits per heavy atom. The molecule has 0 aliphatic carbocycles. The molecule has 0 radical (unpaired) electrons. The van der Waals surface area contributed by atoms with Crippen molar-refractivity contribution in [1.29, 1.82) is 5.26 Å². The van der Waals surface area contributed by atoms with Crippen LogP contribution in [0.5, 0.6) is 0 Å². The fourth-order valence-electron chi connectivity index (χ4n) is 2.47. The molecule has 0 atom stereocenters. The van der Waals surface area contributed by atoms with Crippen molar-refractivity contribution in [2.45, 2.75) is 33.4 Å². The SMILES string of the molecule is Cc1cccc(C#N)c1N(Cc1ccc(N)cc1)C(C)C. The molecule has 3 nitrogen and oxygen atoms in total. The Morgan fingerprint density at radius 3 is 2.38 bits per heavy atom. The van der Waals surface area contributed by atoms with Crippen LogP contribution in [0.1, 0.15) is 30.5 Å². The number of nitrogens with zero attached hydrogens (tertiary/aromatic N) is 2. The summed E-state index contributed by atoms with van der Waals surface area (Å²) in [4.78, 5) is 2.26. The predicted octanol–water partition coefficient (Wildman–Crippen LogP) is 3.86. The average molecular weight is 279 g/mol. The van der Waals surface area contributed by atoms with Gasteiger partial charge in [-0.2, -0.15) is 5.26 Å². The Morgan fingerprint density at radius 1 is 1.14 bits per heavy atom. The second-order valence-corrected chi connectivity index (χ2v) is 5.55. The van der Waals surface area contributed by atoms with Crippen molar-refractivity contribution < 1.29 is 0 Å². The van der Waals surface area contributed by atoms with E-state index in [-0.39, 0.29) is 0 Å². The second-order valence-electron chi connectivity index (χ2n) is 5.55. The van der Waals surface area contributed by atoms with Crippen molar-refractivity contribution in [3.05, 3.63) is 59.2 Å². The number of anilines is 2. The number of hydrogen-bond donors (Lipinski definition) is 1. The van der Waals surface area contributed by atoms with E-state index < -0.39 is 0 Å². The smallest absolute Gasteiger partial charge is 0.101 e. The number of aryl methyl sites for hydroxylation is 1. The van der Waals surface area contributed by atoms with Gasteiger partial charge in [-0.05, 0) is 50.1 Å². The zero-order chi connectivity index (χ0) is 15.4. The molecule has 2 aromatic rings. The van der Waals surface area contributed by atoms with Gasteiger partial charge in [-0.15, -0.1) is 0 Å². The molecule has 3 heteroatoms. The molecule has 2 N–H and O–H groups in total. The van der Waals surface area contributed by atoms with Crippen molar-refractivity contribution >= 4 is 11.4 Å². The first kappa shape index (κ1) is 14.9. The van der Waals surface area contributed by atoms with Gasteiger partial charge in [0, 0.05) is 18.3 Å². The van der Waals surface area contributed by atoms with E-state index >= 15 is 0 Å². The molecule has 0 saturated carbocycles. The molecule has 108 valence electrons. The second kappa shape index (κ2) is 6.32. The van der Waals surface area contributed by atoms with Crippen molar-refractivity contribution in [2.75, 3.05) is 10.6 Å². The monoisotopic (exact) mass is 279 g/mol. The highest BCUT2D eigenvalue weighted by Crippen LogP contribution is 2.28.